The smallest absolute Gasteiger partial charge is 0.408 e. The second-order valence-electron chi connectivity index (χ2n) is 11.2. The summed E-state index contributed by atoms with van der Waals surface area (Å²) in [4.78, 5) is 50.4. The predicted octanol–water partition coefficient (Wildman–Crippen LogP) is 4.60. The third kappa shape index (κ3) is 8.21. The Hall–Kier alpha value is -3.59. The van der Waals surface area contributed by atoms with E-state index in [4.69, 9.17) is 16.3 Å². The molecule has 1 heterocycles. The Morgan fingerprint density at radius 3 is 2.35 bits per heavy atom. The maximum absolute atomic E-state index is 13.3. The van der Waals surface area contributed by atoms with E-state index in [9.17, 15) is 24.3 Å². The third-order valence-corrected chi connectivity index (χ3v) is 7.40. The molecule has 2 aromatic carbocycles. The zero-order valence-electron chi connectivity index (χ0n) is 23.3. The molecule has 10 heteroatoms. The summed E-state index contributed by atoms with van der Waals surface area (Å²) in [5, 5.41) is 18.1. The van der Waals surface area contributed by atoms with Crippen molar-refractivity contribution in [3.8, 4) is 0 Å². The molecule has 0 radical (unpaired) electrons. The second kappa shape index (κ2) is 13.7. The number of halogens is 1. The van der Waals surface area contributed by atoms with E-state index < -0.39 is 47.5 Å². The van der Waals surface area contributed by atoms with Crippen LogP contribution in [0.5, 0.6) is 0 Å². The Labute approximate surface area is 240 Å². The summed E-state index contributed by atoms with van der Waals surface area (Å²) < 4.78 is 5.99. The summed E-state index contributed by atoms with van der Waals surface area (Å²) in [6, 6.07) is 14.3. The molecule has 1 aliphatic rings. The van der Waals surface area contributed by atoms with Crippen LogP contribution in [0, 0.1) is 11.8 Å². The number of benzene rings is 2. The third-order valence-electron chi connectivity index (χ3n) is 7.16. The molecule has 0 spiro atoms. The first-order valence-corrected chi connectivity index (χ1v) is 13.8. The first-order chi connectivity index (χ1) is 18.9. The maximum Gasteiger partial charge on any atom is 0.408 e. The van der Waals surface area contributed by atoms with Gasteiger partial charge in [-0.25, -0.2) is 9.59 Å². The van der Waals surface area contributed by atoms with Crippen LogP contribution in [0.4, 0.5) is 4.79 Å². The molecule has 1 fully saturated rings. The molecule has 4 atom stereocenters. The van der Waals surface area contributed by atoms with Gasteiger partial charge in [-0.05, 0) is 48.4 Å². The number of amides is 3. The van der Waals surface area contributed by atoms with Crippen molar-refractivity contribution in [2.24, 2.45) is 11.8 Å². The minimum atomic E-state index is -1.27. The van der Waals surface area contributed by atoms with Gasteiger partial charge in [0.15, 0.2) is 0 Å². The molecule has 0 bridgehead atoms. The number of ether oxygens (including phenoxy) is 1. The van der Waals surface area contributed by atoms with Gasteiger partial charge in [0, 0.05) is 22.9 Å². The van der Waals surface area contributed by atoms with E-state index in [0.717, 1.165) is 11.1 Å². The van der Waals surface area contributed by atoms with Crippen LogP contribution < -0.4 is 16.0 Å². The Balaban J connectivity index is 1.79. The van der Waals surface area contributed by atoms with Crippen LogP contribution in [0.15, 0.2) is 54.6 Å². The quantitative estimate of drug-likeness (QED) is 0.294. The van der Waals surface area contributed by atoms with Gasteiger partial charge in [-0.15, -0.1) is 0 Å². The van der Waals surface area contributed by atoms with E-state index in [1.807, 2.05) is 76.2 Å². The number of aliphatic carboxylic acids is 1. The van der Waals surface area contributed by atoms with Gasteiger partial charge in [0.1, 0.15) is 18.2 Å². The van der Waals surface area contributed by atoms with E-state index in [1.165, 1.54) is 0 Å². The number of carbonyl (C=O) groups is 4. The average Bonchev–Trinajstić information content (AvgIpc) is 3.30. The lowest BCUT2D eigenvalue weighted by Gasteiger charge is -2.35. The van der Waals surface area contributed by atoms with Crippen molar-refractivity contribution in [1.29, 1.82) is 0 Å². The molecule has 0 aliphatic carbocycles. The van der Waals surface area contributed by atoms with Gasteiger partial charge in [0.2, 0.25) is 11.8 Å². The van der Waals surface area contributed by atoms with Crippen molar-refractivity contribution in [2.45, 2.75) is 70.6 Å². The molecule has 1 saturated heterocycles. The number of nitrogens with one attached hydrogen (secondary N) is 3. The molecular formula is C30H38ClN3O6. The molecular weight excluding hydrogens is 534 g/mol. The Morgan fingerprint density at radius 2 is 1.77 bits per heavy atom. The summed E-state index contributed by atoms with van der Waals surface area (Å²) in [6.07, 6.45) is -0.822. The molecule has 0 aromatic heterocycles. The number of carboxylic acids is 1. The molecule has 3 unspecified atom stereocenters. The van der Waals surface area contributed by atoms with E-state index in [-0.39, 0.29) is 24.7 Å². The SMILES string of the molecule is CC(C)CC(NC(=O)OC(c1ccccc1)C(C)(C)c1cccc(Cl)c1)C(=O)NC(C[C@@H]1CCNC1=O)C(=O)O. The lowest BCUT2D eigenvalue weighted by Crippen LogP contribution is -2.53. The lowest BCUT2D eigenvalue weighted by molar-refractivity contribution is -0.143. The fourth-order valence-electron chi connectivity index (χ4n) is 4.93. The normalized spacial score (nSPS) is 17.4. The number of carboxylic acid groups (broad SMARTS) is 1. The van der Waals surface area contributed by atoms with E-state index in [1.54, 1.807) is 6.07 Å². The monoisotopic (exact) mass is 571 g/mol. The van der Waals surface area contributed by atoms with Crippen molar-refractivity contribution in [1.82, 2.24) is 16.0 Å². The van der Waals surface area contributed by atoms with Crippen LogP contribution in [-0.4, -0.2) is 47.6 Å². The number of hydrogen-bond donors (Lipinski definition) is 4. The fraction of sp³-hybridized carbons (Fsp3) is 0.467. The largest absolute Gasteiger partial charge is 0.480 e. The van der Waals surface area contributed by atoms with Gasteiger partial charge >= 0.3 is 12.1 Å². The zero-order chi connectivity index (χ0) is 29.4. The van der Waals surface area contributed by atoms with Gasteiger partial charge < -0.3 is 25.8 Å². The lowest BCUT2D eigenvalue weighted by atomic mass is 9.76. The van der Waals surface area contributed by atoms with Crippen molar-refractivity contribution < 1.29 is 29.0 Å². The molecule has 3 amide bonds. The standard InChI is InChI=1S/C30H38ClN3O6/c1-18(2)15-23(27(36)33-24(28(37)38)16-20-13-14-32-26(20)35)34-29(39)40-25(19-9-6-5-7-10-19)30(3,4)21-11-8-12-22(31)17-21/h5-12,17-18,20,23-25H,13-16H2,1-4H3,(H,32,35)(H,33,36)(H,34,39)(H,37,38)/t20-,23?,24?,25?/m0/s1. The molecule has 0 saturated carbocycles. The van der Waals surface area contributed by atoms with E-state index >= 15 is 0 Å². The first-order valence-electron chi connectivity index (χ1n) is 13.5. The number of rotatable bonds is 12. The predicted molar refractivity (Wildman–Crippen MR) is 152 cm³/mol. The minimum absolute atomic E-state index is 0.00719. The van der Waals surface area contributed by atoms with Crippen molar-refractivity contribution >= 4 is 35.5 Å². The van der Waals surface area contributed by atoms with Gasteiger partial charge in [0.25, 0.3) is 0 Å². The van der Waals surface area contributed by atoms with Crippen LogP contribution in [0.3, 0.4) is 0 Å². The molecule has 40 heavy (non-hydrogen) atoms. The van der Waals surface area contributed by atoms with Gasteiger partial charge in [-0.3, -0.25) is 9.59 Å². The summed E-state index contributed by atoms with van der Waals surface area (Å²) in [7, 11) is 0. The zero-order valence-corrected chi connectivity index (χ0v) is 24.0. The summed E-state index contributed by atoms with van der Waals surface area (Å²) in [6.45, 7) is 8.14. The van der Waals surface area contributed by atoms with Gasteiger partial charge in [0.05, 0.1) is 0 Å². The van der Waals surface area contributed by atoms with Gasteiger partial charge in [-0.1, -0.05) is 81.8 Å². The van der Waals surface area contributed by atoms with Gasteiger partial charge in [-0.2, -0.15) is 0 Å². The van der Waals surface area contributed by atoms with Crippen LogP contribution in [-0.2, 0) is 24.5 Å². The molecule has 3 rings (SSSR count). The second-order valence-corrected chi connectivity index (χ2v) is 11.6. The topological polar surface area (TPSA) is 134 Å². The number of alkyl carbamates (subject to hydrolysis) is 1. The highest BCUT2D eigenvalue weighted by Gasteiger charge is 2.38. The minimum Gasteiger partial charge on any atom is -0.480 e. The maximum atomic E-state index is 13.3. The molecule has 216 valence electrons. The van der Waals surface area contributed by atoms with Crippen LogP contribution in [0.25, 0.3) is 0 Å². The van der Waals surface area contributed by atoms with Crippen LogP contribution in [0.2, 0.25) is 5.02 Å². The van der Waals surface area contributed by atoms with Crippen LogP contribution in [0.1, 0.15) is 64.2 Å². The highest BCUT2D eigenvalue weighted by atomic mass is 35.5. The van der Waals surface area contributed by atoms with Crippen molar-refractivity contribution in [2.75, 3.05) is 6.54 Å². The van der Waals surface area contributed by atoms with E-state index in [2.05, 4.69) is 16.0 Å². The number of hydrogen-bond acceptors (Lipinski definition) is 5. The first kappa shape index (κ1) is 30.9. The summed E-state index contributed by atoms with van der Waals surface area (Å²) in [5.41, 5.74) is 0.919. The van der Waals surface area contributed by atoms with Crippen LogP contribution >= 0.6 is 11.6 Å². The molecule has 9 nitrogen and oxygen atoms in total. The van der Waals surface area contributed by atoms with E-state index in [0.29, 0.717) is 18.0 Å². The summed E-state index contributed by atoms with van der Waals surface area (Å²) in [5.74, 6) is -2.61. The average molecular weight is 572 g/mol. The molecule has 1 aliphatic heterocycles. The Morgan fingerprint density at radius 1 is 1.07 bits per heavy atom. The summed E-state index contributed by atoms with van der Waals surface area (Å²) >= 11 is 6.26. The fourth-order valence-corrected chi connectivity index (χ4v) is 5.13. The molecule has 2 aromatic rings. The highest BCUT2D eigenvalue weighted by Crippen LogP contribution is 2.40. The highest BCUT2D eigenvalue weighted by molar-refractivity contribution is 6.30. The number of carbonyl (C=O) groups excluding carboxylic acids is 3. The van der Waals surface area contributed by atoms with Crippen molar-refractivity contribution in [3.05, 3.63) is 70.7 Å². The Bertz CT molecular complexity index is 1200. The Kier molecular flexibility index (Phi) is 10.6. The van der Waals surface area contributed by atoms with Crippen molar-refractivity contribution in [3.63, 3.8) is 0 Å². The molecule has 4 N–H and O–H groups in total.